The molecule has 0 aliphatic heterocycles. The quantitative estimate of drug-likeness (QED) is 0.772. The van der Waals surface area contributed by atoms with E-state index in [9.17, 15) is 18.0 Å². The average molecular weight is 271 g/mol. The van der Waals surface area contributed by atoms with Gasteiger partial charge in [0.25, 0.3) is 0 Å². The summed E-state index contributed by atoms with van der Waals surface area (Å²) in [5.74, 6) is -1.23. The Hall–Kier alpha value is -1.73. The number of nitrogens with two attached hydrogens (primary N) is 1. The summed E-state index contributed by atoms with van der Waals surface area (Å²) in [7, 11) is -3.73. The molecule has 1 aromatic carbocycles. The molecule has 0 atom stereocenters. The Morgan fingerprint density at radius 2 is 1.67 bits per heavy atom. The van der Waals surface area contributed by atoms with E-state index in [-0.39, 0.29) is 29.9 Å². The van der Waals surface area contributed by atoms with Crippen molar-refractivity contribution >= 4 is 21.8 Å². The van der Waals surface area contributed by atoms with E-state index in [1.54, 1.807) is 0 Å². The summed E-state index contributed by atoms with van der Waals surface area (Å²) in [6, 6.07) is 5.60. The Kier molecular flexibility index (Phi) is 4.57. The lowest BCUT2D eigenvalue weighted by molar-refractivity contribution is -0.138. The fourth-order valence-electron chi connectivity index (χ4n) is 1.36. The maximum absolute atomic E-state index is 11.4. The summed E-state index contributed by atoms with van der Waals surface area (Å²) in [5.41, 5.74) is 0.623. The zero-order valence-electron chi connectivity index (χ0n) is 9.50. The first-order valence-electron chi connectivity index (χ1n) is 5.14. The Morgan fingerprint density at radius 1 is 1.11 bits per heavy atom. The maximum atomic E-state index is 11.4. The van der Waals surface area contributed by atoms with Crippen LogP contribution in [0.15, 0.2) is 29.2 Å². The van der Waals surface area contributed by atoms with Crippen molar-refractivity contribution in [3.8, 4) is 0 Å². The molecule has 0 fully saturated rings. The molecule has 6 nitrogen and oxygen atoms in total. The summed E-state index contributed by atoms with van der Waals surface area (Å²) in [6.45, 7) is 0. The molecule has 7 heteroatoms. The Labute approximate surface area is 104 Å². The molecule has 0 amide bonds. The summed E-state index contributed by atoms with van der Waals surface area (Å²) in [4.78, 5) is 21.6. The lowest BCUT2D eigenvalue weighted by Crippen LogP contribution is -2.12. The van der Waals surface area contributed by atoms with E-state index in [1.165, 1.54) is 24.3 Å². The van der Waals surface area contributed by atoms with Crippen LogP contribution < -0.4 is 5.14 Å². The van der Waals surface area contributed by atoms with Crippen LogP contribution in [-0.4, -0.2) is 25.3 Å². The van der Waals surface area contributed by atoms with Crippen LogP contribution in [-0.2, 0) is 26.0 Å². The van der Waals surface area contributed by atoms with Crippen LogP contribution >= 0.6 is 0 Å². The minimum Gasteiger partial charge on any atom is -0.481 e. The van der Waals surface area contributed by atoms with Gasteiger partial charge < -0.3 is 5.11 Å². The monoisotopic (exact) mass is 271 g/mol. The van der Waals surface area contributed by atoms with Crippen molar-refractivity contribution in [1.82, 2.24) is 0 Å². The van der Waals surface area contributed by atoms with E-state index in [2.05, 4.69) is 0 Å². The van der Waals surface area contributed by atoms with E-state index < -0.39 is 16.0 Å². The van der Waals surface area contributed by atoms with Gasteiger partial charge >= 0.3 is 5.97 Å². The van der Waals surface area contributed by atoms with Gasteiger partial charge in [-0.05, 0) is 17.7 Å². The highest BCUT2D eigenvalue weighted by Crippen LogP contribution is 2.10. The molecule has 3 N–H and O–H groups in total. The number of hydrogen-bond donors (Lipinski definition) is 2. The number of rotatable bonds is 6. The topological polar surface area (TPSA) is 115 Å². The van der Waals surface area contributed by atoms with Crippen LogP contribution in [0.5, 0.6) is 0 Å². The summed E-state index contributed by atoms with van der Waals surface area (Å²) < 4.78 is 22.0. The second-order valence-corrected chi connectivity index (χ2v) is 5.36. The first kappa shape index (κ1) is 14.3. The number of hydrogen-bond acceptors (Lipinski definition) is 4. The fourth-order valence-corrected chi connectivity index (χ4v) is 1.87. The van der Waals surface area contributed by atoms with Gasteiger partial charge in [0, 0.05) is 12.8 Å². The molecule has 0 spiro atoms. The molecule has 0 unspecified atom stereocenters. The second-order valence-electron chi connectivity index (χ2n) is 3.80. The fraction of sp³-hybridized carbons (Fsp3) is 0.273. The SMILES string of the molecule is NS(=O)(=O)c1ccc(CC(=O)CCC(=O)O)cc1. The standard InChI is InChI=1S/C11H13NO5S/c12-18(16,17)10-4-1-8(2-5-10)7-9(13)3-6-11(14)15/h1-2,4-5H,3,6-7H2,(H,14,15)(H2,12,16,17). The maximum Gasteiger partial charge on any atom is 0.303 e. The van der Waals surface area contributed by atoms with Gasteiger partial charge in [-0.25, -0.2) is 13.6 Å². The lowest BCUT2D eigenvalue weighted by Gasteiger charge is -2.02. The van der Waals surface area contributed by atoms with Gasteiger partial charge in [-0.3, -0.25) is 9.59 Å². The Bertz CT molecular complexity index is 547. The number of carboxylic acids is 1. The van der Waals surface area contributed by atoms with Gasteiger partial charge in [-0.2, -0.15) is 0 Å². The second kappa shape index (κ2) is 5.74. The van der Waals surface area contributed by atoms with E-state index in [0.29, 0.717) is 5.56 Å². The van der Waals surface area contributed by atoms with Crippen molar-refractivity contribution in [2.24, 2.45) is 5.14 Å². The van der Waals surface area contributed by atoms with Gasteiger partial charge in [0.15, 0.2) is 0 Å². The normalized spacial score (nSPS) is 11.2. The molecule has 98 valence electrons. The highest BCUT2D eigenvalue weighted by Gasteiger charge is 2.09. The highest BCUT2D eigenvalue weighted by molar-refractivity contribution is 7.89. The third-order valence-electron chi connectivity index (χ3n) is 2.27. The minimum absolute atomic E-state index is 0.0239. The van der Waals surface area contributed by atoms with E-state index in [0.717, 1.165) is 0 Å². The van der Waals surface area contributed by atoms with Crippen molar-refractivity contribution in [3.63, 3.8) is 0 Å². The highest BCUT2D eigenvalue weighted by atomic mass is 32.2. The molecule has 0 aliphatic rings. The number of carbonyl (C=O) groups excluding carboxylic acids is 1. The molecule has 0 aromatic heterocycles. The van der Waals surface area contributed by atoms with Gasteiger partial charge in [-0.15, -0.1) is 0 Å². The molecule has 1 aromatic rings. The van der Waals surface area contributed by atoms with Crippen LogP contribution in [0.2, 0.25) is 0 Å². The van der Waals surface area contributed by atoms with E-state index in [4.69, 9.17) is 10.2 Å². The van der Waals surface area contributed by atoms with Gasteiger partial charge in [0.2, 0.25) is 10.0 Å². The zero-order chi connectivity index (χ0) is 13.8. The summed E-state index contributed by atoms with van der Waals surface area (Å²) in [6.07, 6.45) is -0.154. The molecule has 0 saturated heterocycles. The first-order valence-corrected chi connectivity index (χ1v) is 6.69. The molecule has 18 heavy (non-hydrogen) atoms. The van der Waals surface area contributed by atoms with Crippen molar-refractivity contribution in [2.45, 2.75) is 24.2 Å². The zero-order valence-corrected chi connectivity index (χ0v) is 10.3. The molecule has 0 bridgehead atoms. The summed E-state index contributed by atoms with van der Waals surface area (Å²) >= 11 is 0. The third-order valence-corrected chi connectivity index (χ3v) is 3.20. The predicted molar refractivity (Wildman–Crippen MR) is 63.4 cm³/mol. The number of primary sulfonamides is 1. The van der Waals surface area contributed by atoms with E-state index in [1.807, 2.05) is 0 Å². The number of sulfonamides is 1. The van der Waals surface area contributed by atoms with Gasteiger partial charge in [0.1, 0.15) is 5.78 Å². The van der Waals surface area contributed by atoms with E-state index >= 15 is 0 Å². The minimum atomic E-state index is -3.73. The number of ketones is 1. The lowest BCUT2D eigenvalue weighted by atomic mass is 10.1. The number of benzene rings is 1. The predicted octanol–water partition coefficient (Wildman–Crippen LogP) is 0.310. The number of carboxylic acid groups (broad SMARTS) is 1. The smallest absolute Gasteiger partial charge is 0.303 e. The van der Waals surface area contributed by atoms with Crippen LogP contribution in [0.3, 0.4) is 0 Å². The number of aliphatic carboxylic acids is 1. The van der Waals surface area contributed by atoms with Crippen molar-refractivity contribution in [3.05, 3.63) is 29.8 Å². The Balaban J connectivity index is 2.64. The van der Waals surface area contributed by atoms with Crippen LogP contribution in [0.4, 0.5) is 0 Å². The molecule has 1 rings (SSSR count). The largest absolute Gasteiger partial charge is 0.481 e. The van der Waals surface area contributed by atoms with Crippen molar-refractivity contribution < 1.29 is 23.1 Å². The van der Waals surface area contributed by atoms with Crippen LogP contribution in [0, 0.1) is 0 Å². The van der Waals surface area contributed by atoms with Crippen LogP contribution in [0.1, 0.15) is 18.4 Å². The molecule has 0 heterocycles. The van der Waals surface area contributed by atoms with Crippen LogP contribution in [0.25, 0.3) is 0 Å². The molecule has 0 aliphatic carbocycles. The van der Waals surface area contributed by atoms with Crippen molar-refractivity contribution in [1.29, 1.82) is 0 Å². The summed E-state index contributed by atoms with van der Waals surface area (Å²) in [5, 5.41) is 13.4. The third kappa shape index (κ3) is 4.64. The average Bonchev–Trinajstić information content (AvgIpc) is 2.26. The first-order chi connectivity index (χ1) is 8.29. The molecule has 0 radical (unpaired) electrons. The Morgan fingerprint density at radius 3 is 2.11 bits per heavy atom. The number of carbonyl (C=O) groups is 2. The number of Topliss-reactive ketones (excluding diaryl/α,β-unsaturated/α-hetero) is 1. The molecule has 0 saturated carbocycles. The van der Waals surface area contributed by atoms with Gasteiger partial charge in [0.05, 0.1) is 11.3 Å². The van der Waals surface area contributed by atoms with Crippen molar-refractivity contribution in [2.75, 3.05) is 0 Å². The molecular formula is C11H13NO5S. The molecular weight excluding hydrogens is 258 g/mol. The van der Waals surface area contributed by atoms with Gasteiger partial charge in [-0.1, -0.05) is 12.1 Å².